The molecule has 19 heavy (non-hydrogen) atoms. The van der Waals surface area contributed by atoms with Crippen LogP contribution >= 0.6 is 0 Å². The van der Waals surface area contributed by atoms with Crippen molar-refractivity contribution in [1.82, 2.24) is 4.72 Å². The van der Waals surface area contributed by atoms with Gasteiger partial charge in [-0.25, -0.2) is 13.1 Å². The molecule has 1 aromatic rings. The highest BCUT2D eigenvalue weighted by Gasteiger charge is 2.26. The van der Waals surface area contributed by atoms with Crippen LogP contribution in [0.5, 0.6) is 0 Å². The molecular weight excluding hydrogens is 258 g/mol. The Morgan fingerprint density at radius 3 is 2.53 bits per heavy atom. The van der Waals surface area contributed by atoms with Crippen molar-refractivity contribution in [2.45, 2.75) is 45.1 Å². The maximum Gasteiger partial charge on any atom is 0.212 e. The normalized spacial score (nSPS) is 25.4. The maximum absolute atomic E-state index is 12.2. The van der Waals surface area contributed by atoms with Crippen LogP contribution in [0.1, 0.15) is 44.6 Å². The summed E-state index contributed by atoms with van der Waals surface area (Å²) in [5.74, 6) is 0.832. The molecule has 1 fully saturated rings. The number of hydrogen-bond acceptors (Lipinski definition) is 2. The molecule has 1 saturated carbocycles. The molecule has 0 saturated heterocycles. The van der Waals surface area contributed by atoms with Crippen molar-refractivity contribution in [3.63, 3.8) is 0 Å². The van der Waals surface area contributed by atoms with Crippen LogP contribution in [0.3, 0.4) is 0 Å². The molecule has 0 bridgehead atoms. The van der Waals surface area contributed by atoms with Crippen LogP contribution in [0.15, 0.2) is 30.3 Å². The van der Waals surface area contributed by atoms with Gasteiger partial charge in [0, 0.05) is 6.04 Å². The Bertz CT molecular complexity index is 498. The highest BCUT2D eigenvalue weighted by Crippen LogP contribution is 2.25. The smallest absolute Gasteiger partial charge is 0.212 e. The third-order valence-electron chi connectivity index (χ3n) is 3.88. The summed E-state index contributed by atoms with van der Waals surface area (Å²) in [5, 5.41) is 0. The Morgan fingerprint density at radius 1 is 1.26 bits per heavy atom. The quantitative estimate of drug-likeness (QED) is 0.902. The third kappa shape index (κ3) is 4.32. The van der Waals surface area contributed by atoms with E-state index in [9.17, 15) is 8.42 Å². The Kier molecular flexibility index (Phi) is 4.63. The summed E-state index contributed by atoms with van der Waals surface area (Å²) < 4.78 is 27.2. The van der Waals surface area contributed by atoms with Crippen molar-refractivity contribution in [2.24, 2.45) is 5.92 Å². The van der Waals surface area contributed by atoms with Gasteiger partial charge >= 0.3 is 0 Å². The molecule has 0 amide bonds. The predicted molar refractivity (Wildman–Crippen MR) is 78.6 cm³/mol. The second-order valence-corrected chi connectivity index (χ2v) is 7.62. The van der Waals surface area contributed by atoms with Gasteiger partial charge in [-0.3, -0.25) is 0 Å². The molecule has 0 aliphatic heterocycles. The van der Waals surface area contributed by atoms with E-state index in [0.29, 0.717) is 5.92 Å². The number of hydrogen-bond donors (Lipinski definition) is 1. The highest BCUT2D eigenvalue weighted by atomic mass is 32.2. The molecule has 1 aliphatic carbocycles. The van der Waals surface area contributed by atoms with E-state index in [1.807, 2.05) is 37.3 Å². The Morgan fingerprint density at radius 2 is 1.95 bits per heavy atom. The molecule has 1 N–H and O–H groups in total. The largest absolute Gasteiger partial charge is 0.212 e. The SMILES string of the molecule is CC1CCC(NS(=O)(=O)CC(C)c2ccccc2)C1. The first-order valence-corrected chi connectivity index (χ1v) is 8.66. The van der Waals surface area contributed by atoms with E-state index in [1.165, 1.54) is 0 Å². The molecule has 106 valence electrons. The summed E-state index contributed by atoms with van der Waals surface area (Å²) in [6.45, 7) is 4.15. The lowest BCUT2D eigenvalue weighted by Crippen LogP contribution is -2.35. The van der Waals surface area contributed by atoms with Crippen molar-refractivity contribution in [3.05, 3.63) is 35.9 Å². The van der Waals surface area contributed by atoms with Crippen molar-refractivity contribution in [1.29, 1.82) is 0 Å². The number of rotatable bonds is 5. The van der Waals surface area contributed by atoms with Crippen LogP contribution < -0.4 is 4.72 Å². The Hall–Kier alpha value is -0.870. The van der Waals surface area contributed by atoms with Gasteiger partial charge in [-0.1, -0.05) is 44.2 Å². The fourth-order valence-electron chi connectivity index (χ4n) is 2.82. The van der Waals surface area contributed by atoms with Gasteiger partial charge in [0.15, 0.2) is 0 Å². The zero-order chi connectivity index (χ0) is 13.9. The molecule has 0 spiro atoms. The molecule has 0 aromatic heterocycles. The van der Waals surface area contributed by atoms with Crippen LogP contribution in [0.25, 0.3) is 0 Å². The molecular formula is C15H23NO2S. The van der Waals surface area contributed by atoms with Crippen molar-refractivity contribution >= 4 is 10.0 Å². The van der Waals surface area contributed by atoms with E-state index in [4.69, 9.17) is 0 Å². The monoisotopic (exact) mass is 281 g/mol. The molecule has 0 radical (unpaired) electrons. The number of sulfonamides is 1. The topological polar surface area (TPSA) is 46.2 Å². The van der Waals surface area contributed by atoms with Gasteiger partial charge in [0.05, 0.1) is 5.75 Å². The first-order chi connectivity index (χ1) is 8.96. The van der Waals surface area contributed by atoms with Crippen LogP contribution in [0.2, 0.25) is 0 Å². The lowest BCUT2D eigenvalue weighted by atomic mass is 10.0. The van der Waals surface area contributed by atoms with E-state index in [0.717, 1.165) is 24.8 Å². The summed E-state index contributed by atoms with van der Waals surface area (Å²) >= 11 is 0. The van der Waals surface area contributed by atoms with E-state index in [1.54, 1.807) is 0 Å². The predicted octanol–water partition coefficient (Wildman–Crippen LogP) is 2.90. The molecule has 0 heterocycles. The number of benzene rings is 1. The van der Waals surface area contributed by atoms with E-state index < -0.39 is 10.0 Å². The summed E-state index contributed by atoms with van der Waals surface area (Å²) in [7, 11) is -3.19. The lowest BCUT2D eigenvalue weighted by Gasteiger charge is -2.16. The highest BCUT2D eigenvalue weighted by molar-refractivity contribution is 7.89. The van der Waals surface area contributed by atoms with E-state index in [2.05, 4.69) is 11.6 Å². The van der Waals surface area contributed by atoms with Crippen LogP contribution in [0, 0.1) is 5.92 Å². The van der Waals surface area contributed by atoms with Crippen molar-refractivity contribution in [3.8, 4) is 0 Å². The average Bonchev–Trinajstić information content (AvgIpc) is 2.74. The Labute approximate surface area is 116 Å². The summed E-state index contributed by atoms with van der Waals surface area (Å²) in [6.07, 6.45) is 3.07. The molecule has 2 rings (SSSR count). The zero-order valence-corrected chi connectivity index (χ0v) is 12.5. The molecule has 3 unspecified atom stereocenters. The molecule has 1 aliphatic rings. The van der Waals surface area contributed by atoms with Gasteiger partial charge in [0.2, 0.25) is 10.0 Å². The van der Waals surface area contributed by atoms with Gasteiger partial charge < -0.3 is 0 Å². The minimum atomic E-state index is -3.19. The Balaban J connectivity index is 1.94. The molecule has 3 nitrogen and oxygen atoms in total. The third-order valence-corrected chi connectivity index (χ3v) is 5.51. The standard InChI is InChI=1S/C15H23NO2S/c1-12-8-9-15(10-12)16-19(17,18)11-13(2)14-6-4-3-5-7-14/h3-7,12-13,15-16H,8-11H2,1-2H3. The molecule has 1 aromatic carbocycles. The van der Waals surface area contributed by atoms with Gasteiger partial charge in [0.1, 0.15) is 0 Å². The van der Waals surface area contributed by atoms with Gasteiger partial charge in [-0.2, -0.15) is 0 Å². The van der Waals surface area contributed by atoms with E-state index >= 15 is 0 Å². The minimum absolute atomic E-state index is 0.0255. The fourth-order valence-corrected chi connectivity index (χ4v) is 4.49. The van der Waals surface area contributed by atoms with Crippen LogP contribution in [-0.2, 0) is 10.0 Å². The first kappa shape index (κ1) is 14.5. The van der Waals surface area contributed by atoms with Gasteiger partial charge in [-0.05, 0) is 36.7 Å². The summed E-state index contributed by atoms with van der Waals surface area (Å²) in [4.78, 5) is 0. The lowest BCUT2D eigenvalue weighted by molar-refractivity contribution is 0.535. The summed E-state index contributed by atoms with van der Waals surface area (Å²) in [6, 6.07) is 9.95. The minimum Gasteiger partial charge on any atom is -0.212 e. The molecule has 4 heteroatoms. The van der Waals surface area contributed by atoms with Crippen LogP contribution in [-0.4, -0.2) is 20.2 Å². The van der Waals surface area contributed by atoms with Crippen molar-refractivity contribution in [2.75, 3.05) is 5.75 Å². The van der Waals surface area contributed by atoms with E-state index in [-0.39, 0.29) is 17.7 Å². The number of nitrogens with one attached hydrogen (secondary N) is 1. The van der Waals surface area contributed by atoms with Crippen LogP contribution in [0.4, 0.5) is 0 Å². The summed E-state index contributed by atoms with van der Waals surface area (Å²) in [5.41, 5.74) is 1.08. The fraction of sp³-hybridized carbons (Fsp3) is 0.600. The first-order valence-electron chi connectivity index (χ1n) is 7.01. The molecule has 3 atom stereocenters. The van der Waals surface area contributed by atoms with Crippen molar-refractivity contribution < 1.29 is 8.42 Å². The second kappa shape index (κ2) is 6.06. The zero-order valence-electron chi connectivity index (χ0n) is 11.7. The van der Waals surface area contributed by atoms with Gasteiger partial charge in [-0.15, -0.1) is 0 Å². The second-order valence-electron chi connectivity index (χ2n) is 5.83. The van der Waals surface area contributed by atoms with Gasteiger partial charge in [0.25, 0.3) is 0 Å². The maximum atomic E-state index is 12.2. The average molecular weight is 281 g/mol.